The van der Waals surface area contributed by atoms with E-state index in [0.717, 1.165) is 16.5 Å². The van der Waals surface area contributed by atoms with Crippen molar-refractivity contribution in [3.05, 3.63) is 36.0 Å². The highest BCUT2D eigenvalue weighted by Gasteiger charge is 2.24. The molecule has 0 aliphatic rings. The maximum absolute atomic E-state index is 11.2. The molecule has 0 radical (unpaired) electrons. The van der Waals surface area contributed by atoms with E-state index in [-0.39, 0.29) is 6.42 Å². The number of para-hydroxylation sites is 1. The predicted molar refractivity (Wildman–Crippen MR) is 74.3 cm³/mol. The van der Waals surface area contributed by atoms with Crippen LogP contribution in [-0.4, -0.2) is 31.5 Å². The Labute approximate surface area is 120 Å². The van der Waals surface area contributed by atoms with Gasteiger partial charge in [-0.2, -0.15) is 10.1 Å². The van der Waals surface area contributed by atoms with Crippen molar-refractivity contribution in [1.82, 2.24) is 10.0 Å². The number of carboxylic acids is 1. The Balaban J connectivity index is 2.23. The van der Waals surface area contributed by atoms with Gasteiger partial charge in [0.15, 0.2) is 0 Å². The smallest absolute Gasteiger partial charge is 0.480 e. The van der Waals surface area contributed by atoms with E-state index in [0.29, 0.717) is 0 Å². The number of phosphoric acid groups is 1. The average molecular weight is 314 g/mol. The van der Waals surface area contributed by atoms with E-state index >= 15 is 0 Å². The Morgan fingerprint density at radius 2 is 2.10 bits per heavy atom. The summed E-state index contributed by atoms with van der Waals surface area (Å²) >= 11 is 0. The summed E-state index contributed by atoms with van der Waals surface area (Å²) in [7, 11) is -2.95. The van der Waals surface area contributed by atoms with Gasteiger partial charge < -0.3 is 19.5 Å². The Bertz CT molecular complexity index is 707. The van der Waals surface area contributed by atoms with Crippen LogP contribution in [0, 0.1) is 0 Å². The lowest BCUT2D eigenvalue weighted by Crippen LogP contribution is -2.37. The van der Waals surface area contributed by atoms with E-state index < -0.39 is 19.8 Å². The van der Waals surface area contributed by atoms with Crippen molar-refractivity contribution in [2.45, 2.75) is 12.5 Å². The maximum atomic E-state index is 11.2. The molecule has 0 bridgehead atoms. The topological polar surface area (TPSA) is 121 Å². The molecule has 2 rings (SSSR count). The fourth-order valence-corrected chi connectivity index (χ4v) is 2.38. The lowest BCUT2D eigenvalue weighted by atomic mass is 10.1. The summed E-state index contributed by atoms with van der Waals surface area (Å²) in [6.45, 7) is 0. The van der Waals surface area contributed by atoms with Gasteiger partial charge in [0.25, 0.3) is 0 Å². The van der Waals surface area contributed by atoms with Gasteiger partial charge in [-0.15, -0.1) is 0 Å². The number of carboxylic acid groups (broad SMARTS) is 1. The number of aliphatic carboxylic acids is 1. The molecule has 0 amide bonds. The van der Waals surface area contributed by atoms with Crippen LogP contribution in [0.5, 0.6) is 0 Å². The van der Waals surface area contributed by atoms with Crippen LogP contribution >= 0.6 is 7.82 Å². The van der Waals surface area contributed by atoms with Crippen LogP contribution in [0.4, 0.5) is 0 Å². The molecule has 0 aliphatic heterocycles. The maximum Gasteiger partial charge on any atom is 0.486 e. The second-order valence-corrected chi connectivity index (χ2v) is 5.74. The van der Waals surface area contributed by atoms with Crippen LogP contribution in [0.25, 0.3) is 10.9 Å². The molecule has 9 heteroatoms. The van der Waals surface area contributed by atoms with Crippen LogP contribution in [0.3, 0.4) is 0 Å². The minimum atomic E-state index is -4.79. The van der Waals surface area contributed by atoms with Crippen LogP contribution in [0.15, 0.2) is 30.5 Å². The highest BCUT2D eigenvalue weighted by Crippen LogP contribution is 2.34. The van der Waals surface area contributed by atoms with E-state index in [1.165, 1.54) is 0 Å². The molecular formula is C12H15N2O6P. The van der Waals surface area contributed by atoms with E-state index in [4.69, 9.17) is 14.9 Å². The standard InChI is InChI=1S/C12H15N2O6P/c1-14-7-8(9-4-2-3-5-11(9)14)6-10(12(15)16)13-20-21(17,18)19/h2-5,7,10,13H,6H2,1H3,(H,15,16)(H2,17,18,19)/t10-/m1/s1. The van der Waals surface area contributed by atoms with E-state index in [2.05, 4.69) is 4.62 Å². The summed E-state index contributed by atoms with van der Waals surface area (Å²) in [6.07, 6.45) is 1.80. The van der Waals surface area contributed by atoms with Gasteiger partial charge in [0.05, 0.1) is 0 Å². The molecule has 1 aromatic heterocycles. The number of rotatable bonds is 6. The van der Waals surface area contributed by atoms with Crippen molar-refractivity contribution in [2.24, 2.45) is 7.05 Å². The summed E-state index contributed by atoms with van der Waals surface area (Å²) in [4.78, 5) is 28.4. The fraction of sp³-hybridized carbons (Fsp3) is 0.250. The third kappa shape index (κ3) is 3.90. The molecular weight excluding hydrogens is 299 g/mol. The van der Waals surface area contributed by atoms with Crippen molar-refractivity contribution >= 4 is 24.7 Å². The molecule has 1 atom stereocenters. The number of aryl methyl sites for hydroxylation is 1. The van der Waals surface area contributed by atoms with Crippen LogP contribution in [0.1, 0.15) is 5.56 Å². The van der Waals surface area contributed by atoms with Gasteiger partial charge in [-0.05, 0) is 11.6 Å². The number of benzene rings is 1. The zero-order chi connectivity index (χ0) is 15.6. The second kappa shape index (κ2) is 5.97. The van der Waals surface area contributed by atoms with Gasteiger partial charge in [-0.3, -0.25) is 4.79 Å². The number of hydrogen-bond acceptors (Lipinski definition) is 4. The molecule has 1 aromatic carbocycles. The van der Waals surface area contributed by atoms with Crippen molar-refractivity contribution in [3.63, 3.8) is 0 Å². The van der Waals surface area contributed by atoms with Crippen LogP contribution in [0.2, 0.25) is 0 Å². The van der Waals surface area contributed by atoms with Crippen molar-refractivity contribution < 1.29 is 28.9 Å². The monoisotopic (exact) mass is 314 g/mol. The first kappa shape index (κ1) is 15.7. The van der Waals surface area contributed by atoms with Crippen LogP contribution < -0.4 is 5.48 Å². The quantitative estimate of drug-likeness (QED) is 0.459. The van der Waals surface area contributed by atoms with E-state index in [1.807, 2.05) is 41.4 Å². The largest absolute Gasteiger partial charge is 0.486 e. The first-order valence-corrected chi connectivity index (χ1v) is 7.56. The third-order valence-electron chi connectivity index (χ3n) is 3.02. The van der Waals surface area contributed by atoms with Crippen LogP contribution in [-0.2, 0) is 27.5 Å². The van der Waals surface area contributed by atoms with E-state index in [9.17, 15) is 9.36 Å². The van der Waals surface area contributed by atoms with Crippen molar-refractivity contribution in [3.8, 4) is 0 Å². The van der Waals surface area contributed by atoms with Gasteiger partial charge in [-0.25, -0.2) is 4.57 Å². The number of nitrogens with zero attached hydrogens (tertiary/aromatic N) is 1. The molecule has 2 aromatic rings. The molecule has 1 heterocycles. The lowest BCUT2D eigenvalue weighted by Gasteiger charge is -2.14. The molecule has 21 heavy (non-hydrogen) atoms. The minimum absolute atomic E-state index is 0.0245. The molecule has 0 aliphatic carbocycles. The zero-order valence-electron chi connectivity index (χ0n) is 11.1. The predicted octanol–water partition coefficient (Wildman–Crippen LogP) is 0.788. The zero-order valence-corrected chi connectivity index (χ0v) is 12.0. The van der Waals surface area contributed by atoms with E-state index in [1.54, 1.807) is 6.20 Å². The summed E-state index contributed by atoms with van der Waals surface area (Å²) < 4.78 is 16.6. The Hall–Kier alpha value is -1.70. The molecule has 114 valence electrons. The average Bonchev–Trinajstić information content (AvgIpc) is 2.70. The number of hydroxylamine groups is 1. The summed E-state index contributed by atoms with van der Waals surface area (Å²) in [5, 5.41) is 9.99. The normalized spacial score (nSPS) is 13.5. The first-order valence-electron chi connectivity index (χ1n) is 6.03. The molecule has 4 N–H and O–H groups in total. The first-order chi connectivity index (χ1) is 9.78. The van der Waals surface area contributed by atoms with Gasteiger partial charge in [0.1, 0.15) is 6.04 Å². The Morgan fingerprint density at radius 1 is 1.43 bits per heavy atom. The summed E-state index contributed by atoms with van der Waals surface area (Å²) in [6, 6.07) is 6.18. The lowest BCUT2D eigenvalue weighted by molar-refractivity contribution is -0.141. The highest BCUT2D eigenvalue weighted by molar-refractivity contribution is 7.46. The number of nitrogens with one attached hydrogen (secondary N) is 1. The molecule has 0 unspecified atom stereocenters. The second-order valence-electron chi connectivity index (χ2n) is 4.58. The van der Waals surface area contributed by atoms with Crippen molar-refractivity contribution in [2.75, 3.05) is 0 Å². The highest BCUT2D eigenvalue weighted by atomic mass is 31.2. The molecule has 0 spiro atoms. The fourth-order valence-electron chi connectivity index (χ4n) is 2.12. The van der Waals surface area contributed by atoms with Crippen molar-refractivity contribution in [1.29, 1.82) is 0 Å². The number of hydrogen-bond donors (Lipinski definition) is 4. The van der Waals surface area contributed by atoms with Gasteiger partial charge in [0.2, 0.25) is 0 Å². The Morgan fingerprint density at radius 3 is 2.71 bits per heavy atom. The third-order valence-corrected chi connectivity index (χ3v) is 3.36. The molecule has 8 nitrogen and oxygen atoms in total. The summed E-state index contributed by atoms with van der Waals surface area (Å²) in [5.41, 5.74) is 3.59. The minimum Gasteiger partial charge on any atom is -0.480 e. The summed E-state index contributed by atoms with van der Waals surface area (Å²) in [5.74, 6) is -1.27. The number of aromatic nitrogens is 1. The molecule has 0 saturated carbocycles. The molecule has 0 saturated heterocycles. The number of carbonyl (C=O) groups is 1. The number of fused-ring (bicyclic) bond motifs is 1. The van der Waals surface area contributed by atoms with Gasteiger partial charge in [-0.1, -0.05) is 18.2 Å². The molecule has 0 fully saturated rings. The van der Waals surface area contributed by atoms with Gasteiger partial charge >= 0.3 is 13.8 Å². The Kier molecular flexibility index (Phi) is 4.46. The van der Waals surface area contributed by atoms with Gasteiger partial charge in [0, 0.05) is 30.6 Å². The SMILES string of the molecule is Cn1cc(C[C@@H](NOP(=O)(O)O)C(=O)O)c2ccccc21.